The predicted molar refractivity (Wildman–Crippen MR) is 178 cm³/mol. The van der Waals surface area contributed by atoms with Gasteiger partial charge in [0, 0.05) is 12.8 Å². The molecule has 17 N–H and O–H groups in total. The first-order valence-corrected chi connectivity index (χ1v) is 16.2. The third-order valence-corrected chi connectivity index (χ3v) is 7.19. The molecule has 25 heteroatoms. The van der Waals surface area contributed by atoms with Crippen LogP contribution in [-0.4, -0.2) is 147 Å². The minimum absolute atomic E-state index is 0.0996. The van der Waals surface area contributed by atoms with E-state index in [4.69, 9.17) is 27.4 Å². The Morgan fingerprint density at radius 2 is 0.889 bits per heavy atom. The van der Waals surface area contributed by atoms with Gasteiger partial charge in [-0.2, -0.15) is 0 Å². The Labute approximate surface area is 306 Å². The fraction of sp³-hybridized carbons (Fsp3) is 0.621. The molecule has 0 heterocycles. The Bertz CT molecular complexity index is 1390. The number of carboxylic acid groups (broad SMARTS) is 4. The third kappa shape index (κ3) is 19.6. The van der Waals surface area contributed by atoms with Crippen LogP contribution < -0.4 is 49.1 Å². The fourth-order valence-corrected chi connectivity index (χ4v) is 4.43. The van der Waals surface area contributed by atoms with E-state index in [0.717, 1.165) is 0 Å². The zero-order valence-electron chi connectivity index (χ0n) is 28.9. The van der Waals surface area contributed by atoms with E-state index in [0.29, 0.717) is 6.42 Å². The lowest BCUT2D eigenvalue weighted by Gasteiger charge is -2.26. The lowest BCUT2D eigenvalue weighted by Crippen LogP contribution is -2.60. The summed E-state index contributed by atoms with van der Waals surface area (Å²) < 4.78 is 0. The second-order valence-electron chi connectivity index (χ2n) is 11.6. The van der Waals surface area contributed by atoms with Crippen molar-refractivity contribution in [1.29, 1.82) is 0 Å². The van der Waals surface area contributed by atoms with Crippen molar-refractivity contribution < 1.29 is 78.3 Å². The molecule has 0 aliphatic heterocycles. The molecule has 0 radical (unpaired) electrons. The Morgan fingerprint density at radius 3 is 1.30 bits per heavy atom. The van der Waals surface area contributed by atoms with Gasteiger partial charge < -0.3 is 74.6 Å². The molecule has 0 saturated heterocycles. The normalized spacial score (nSPS) is 14.0. The average Bonchev–Trinajstić information content (AvgIpc) is 3.08. The molecule has 0 spiro atoms. The molecule has 0 aliphatic carbocycles. The summed E-state index contributed by atoms with van der Waals surface area (Å²) in [5, 5.41) is 59.1. The van der Waals surface area contributed by atoms with Crippen LogP contribution in [-0.2, 0) is 52.7 Å². The number of rotatable bonds is 28. The molecule has 0 aromatic rings. The van der Waals surface area contributed by atoms with Crippen LogP contribution in [0.4, 0.5) is 0 Å². The number of carbonyl (C=O) groups is 11. The van der Waals surface area contributed by atoms with Gasteiger partial charge in [-0.05, 0) is 38.6 Å². The van der Waals surface area contributed by atoms with Crippen molar-refractivity contribution in [3.05, 3.63) is 0 Å². The van der Waals surface area contributed by atoms with E-state index in [-0.39, 0.29) is 19.4 Å². The molecule has 0 aromatic carbocycles. The summed E-state index contributed by atoms with van der Waals surface area (Å²) in [7, 11) is 0. The summed E-state index contributed by atoms with van der Waals surface area (Å²) in [6, 6.07) is -10.7. The zero-order valence-corrected chi connectivity index (χ0v) is 28.9. The largest absolute Gasteiger partial charge is 0.481 e. The smallest absolute Gasteiger partial charge is 0.326 e. The molecule has 0 fully saturated rings. The lowest BCUT2D eigenvalue weighted by atomic mass is 10.1. The number of hydrogen-bond acceptors (Lipinski definition) is 14. The molecular formula is C29H47N9O16. The van der Waals surface area contributed by atoms with Gasteiger partial charge in [0.05, 0.1) is 26.0 Å². The van der Waals surface area contributed by atoms with Crippen molar-refractivity contribution in [3.8, 4) is 0 Å². The SMILES string of the molecule is NCCCCC(NC(=O)C(CC(=O)O)NC(=O)C(CC(N)=O)NC(=O)C(CO)NC(=O)C(CCC(=O)O)NC(=O)C(CCC(=O)O)NC(=O)CN)C(=O)O. The Hall–Kier alpha value is -5.95. The molecule has 0 aromatic heterocycles. The van der Waals surface area contributed by atoms with Gasteiger partial charge in [0.15, 0.2) is 0 Å². The van der Waals surface area contributed by atoms with Crippen LogP contribution >= 0.6 is 0 Å². The number of aliphatic hydroxyl groups is 1. The van der Waals surface area contributed by atoms with Crippen LogP contribution in [0, 0.1) is 0 Å². The highest BCUT2D eigenvalue weighted by Crippen LogP contribution is 2.06. The second kappa shape index (κ2) is 25.1. The number of carbonyl (C=O) groups excluding carboxylic acids is 7. The minimum Gasteiger partial charge on any atom is -0.481 e. The van der Waals surface area contributed by atoms with Crippen LogP contribution in [0.15, 0.2) is 0 Å². The minimum atomic E-state index is -1.98. The summed E-state index contributed by atoms with van der Waals surface area (Å²) >= 11 is 0. The molecule has 6 unspecified atom stereocenters. The van der Waals surface area contributed by atoms with E-state index in [1.54, 1.807) is 0 Å². The van der Waals surface area contributed by atoms with Crippen LogP contribution in [0.1, 0.15) is 57.8 Å². The van der Waals surface area contributed by atoms with Crippen LogP contribution in [0.5, 0.6) is 0 Å². The molecule has 54 heavy (non-hydrogen) atoms. The first-order valence-electron chi connectivity index (χ1n) is 16.2. The molecule has 0 aliphatic rings. The summed E-state index contributed by atoms with van der Waals surface area (Å²) in [5.41, 5.74) is 15.8. The van der Waals surface area contributed by atoms with Crippen molar-refractivity contribution in [2.75, 3.05) is 19.7 Å². The van der Waals surface area contributed by atoms with Gasteiger partial charge in [-0.3, -0.25) is 47.9 Å². The number of aliphatic carboxylic acids is 4. The van der Waals surface area contributed by atoms with Crippen molar-refractivity contribution >= 4 is 65.2 Å². The molecule has 6 atom stereocenters. The number of amides is 7. The highest BCUT2D eigenvalue weighted by atomic mass is 16.4. The van der Waals surface area contributed by atoms with E-state index in [1.807, 2.05) is 16.0 Å². The molecule has 25 nitrogen and oxygen atoms in total. The van der Waals surface area contributed by atoms with Gasteiger partial charge in [-0.1, -0.05) is 0 Å². The highest BCUT2D eigenvalue weighted by Gasteiger charge is 2.34. The third-order valence-electron chi connectivity index (χ3n) is 7.19. The fourth-order valence-electron chi connectivity index (χ4n) is 4.43. The van der Waals surface area contributed by atoms with Gasteiger partial charge >= 0.3 is 23.9 Å². The van der Waals surface area contributed by atoms with Crippen LogP contribution in [0.25, 0.3) is 0 Å². The van der Waals surface area contributed by atoms with E-state index in [9.17, 15) is 68.1 Å². The Kier molecular flexibility index (Phi) is 22.3. The standard InChI is InChI=1S/C29H47N9O16/c30-8-2-1-3-15(29(53)54)35-27(51)17(10-23(46)47)37-26(50)16(9-19(32)40)36-28(52)18(12-39)38-25(49)14(5-7-22(44)45)34-24(48)13(4-6-21(42)43)33-20(41)11-31/h13-18,39H,1-12,30-31H2,(H2,32,40)(H,33,41)(H,34,48)(H,35,51)(H,36,52)(H,37,50)(H,38,49)(H,42,43)(H,44,45)(H,46,47)(H,53,54). The van der Waals surface area contributed by atoms with Crippen molar-refractivity contribution in [2.24, 2.45) is 17.2 Å². The molecule has 7 amide bonds. The maximum atomic E-state index is 13.2. The van der Waals surface area contributed by atoms with Crippen molar-refractivity contribution in [2.45, 2.75) is 94.0 Å². The monoisotopic (exact) mass is 777 g/mol. The molecular weight excluding hydrogens is 730 g/mol. The Balaban J connectivity index is 6.12. The second-order valence-corrected chi connectivity index (χ2v) is 11.6. The molecule has 0 saturated carbocycles. The predicted octanol–water partition coefficient (Wildman–Crippen LogP) is -6.86. The van der Waals surface area contributed by atoms with E-state index < -0.39 is 153 Å². The Morgan fingerprint density at radius 1 is 0.481 bits per heavy atom. The summed E-state index contributed by atoms with van der Waals surface area (Å²) in [6.07, 6.45) is -3.96. The summed E-state index contributed by atoms with van der Waals surface area (Å²) in [5.74, 6) is -14.4. The van der Waals surface area contributed by atoms with Crippen molar-refractivity contribution in [1.82, 2.24) is 31.9 Å². The number of aliphatic hydroxyl groups excluding tert-OH is 1. The topological polar surface area (TPSA) is 439 Å². The van der Waals surface area contributed by atoms with Gasteiger partial charge in [0.2, 0.25) is 41.4 Å². The number of primary amides is 1. The van der Waals surface area contributed by atoms with E-state index >= 15 is 0 Å². The number of carboxylic acids is 4. The maximum Gasteiger partial charge on any atom is 0.326 e. The highest BCUT2D eigenvalue weighted by molar-refractivity contribution is 5.99. The number of nitrogens with two attached hydrogens (primary N) is 3. The number of nitrogens with one attached hydrogen (secondary N) is 6. The molecule has 0 rings (SSSR count). The van der Waals surface area contributed by atoms with Gasteiger partial charge in [-0.25, -0.2) is 4.79 Å². The maximum absolute atomic E-state index is 13.2. The first-order chi connectivity index (χ1) is 25.2. The molecule has 304 valence electrons. The molecule has 0 bridgehead atoms. The number of hydrogen-bond donors (Lipinski definition) is 14. The van der Waals surface area contributed by atoms with Gasteiger partial charge in [-0.15, -0.1) is 0 Å². The van der Waals surface area contributed by atoms with Gasteiger partial charge in [0.25, 0.3) is 0 Å². The number of unbranched alkanes of at least 4 members (excludes halogenated alkanes) is 1. The van der Waals surface area contributed by atoms with E-state index in [1.165, 1.54) is 0 Å². The van der Waals surface area contributed by atoms with Crippen molar-refractivity contribution in [3.63, 3.8) is 0 Å². The summed E-state index contributed by atoms with van der Waals surface area (Å²) in [6.45, 7) is -1.59. The average molecular weight is 778 g/mol. The van der Waals surface area contributed by atoms with Crippen LogP contribution in [0.3, 0.4) is 0 Å². The van der Waals surface area contributed by atoms with Crippen LogP contribution in [0.2, 0.25) is 0 Å². The zero-order chi connectivity index (χ0) is 41.5. The first kappa shape index (κ1) is 48.0. The lowest BCUT2D eigenvalue weighted by molar-refractivity contribution is -0.144. The van der Waals surface area contributed by atoms with Gasteiger partial charge in [0.1, 0.15) is 36.3 Å². The van der Waals surface area contributed by atoms with E-state index in [2.05, 4.69) is 16.0 Å². The quantitative estimate of drug-likeness (QED) is 0.0328. The summed E-state index contributed by atoms with van der Waals surface area (Å²) in [4.78, 5) is 134.